The third-order valence-electron chi connectivity index (χ3n) is 4.17. The minimum atomic E-state index is -5.13. The number of hydrogen-bond acceptors (Lipinski definition) is 3. The summed E-state index contributed by atoms with van der Waals surface area (Å²) in [5.41, 5.74) is -6.83. The van der Waals surface area contributed by atoms with Crippen molar-refractivity contribution in [2.75, 3.05) is 5.32 Å². The summed E-state index contributed by atoms with van der Waals surface area (Å²) in [5, 5.41) is 1.88. The number of alkyl halides is 9. The lowest BCUT2D eigenvalue weighted by atomic mass is 9.99. The fourth-order valence-corrected chi connectivity index (χ4v) is 2.88. The van der Waals surface area contributed by atoms with Crippen LogP contribution in [0.3, 0.4) is 0 Å². The van der Waals surface area contributed by atoms with E-state index in [0.29, 0.717) is 16.7 Å². The van der Waals surface area contributed by atoms with Crippen LogP contribution in [0, 0.1) is 0 Å². The van der Waals surface area contributed by atoms with E-state index in [9.17, 15) is 49.1 Å². The molecule has 0 saturated carbocycles. The van der Waals surface area contributed by atoms with Gasteiger partial charge in [0.25, 0.3) is 5.56 Å². The fourth-order valence-electron chi connectivity index (χ4n) is 2.88. The van der Waals surface area contributed by atoms with E-state index in [-0.39, 0.29) is 12.1 Å². The number of benzene rings is 1. The molecule has 0 fully saturated rings. The second kappa shape index (κ2) is 6.74. The molecule has 1 aromatic heterocycles. The average Bonchev–Trinajstić information content (AvgIpc) is 2.88. The Morgan fingerprint density at radius 1 is 0.833 bits per heavy atom. The molecule has 0 saturated heterocycles. The van der Waals surface area contributed by atoms with Crippen molar-refractivity contribution in [3.8, 4) is 0 Å². The number of carbonyl (C=O) groups is 1. The van der Waals surface area contributed by atoms with Crippen molar-refractivity contribution in [1.82, 2.24) is 9.55 Å². The highest BCUT2D eigenvalue weighted by molar-refractivity contribution is 5.96. The van der Waals surface area contributed by atoms with Gasteiger partial charge in [-0.3, -0.25) is 19.5 Å². The molecule has 162 valence electrons. The number of hydrogen-bond donors (Lipinski definition) is 1. The summed E-state index contributed by atoms with van der Waals surface area (Å²) in [7, 11) is 0. The van der Waals surface area contributed by atoms with Crippen LogP contribution in [-0.4, -0.2) is 15.5 Å². The van der Waals surface area contributed by atoms with Gasteiger partial charge < -0.3 is 0 Å². The van der Waals surface area contributed by atoms with E-state index in [2.05, 4.69) is 4.98 Å². The smallest absolute Gasteiger partial charge is 0.294 e. The van der Waals surface area contributed by atoms with Crippen LogP contribution < -0.4 is 10.9 Å². The van der Waals surface area contributed by atoms with Gasteiger partial charge in [-0.25, -0.2) is 4.98 Å². The van der Waals surface area contributed by atoms with Crippen LogP contribution >= 0.6 is 0 Å². The number of nitrogens with zero attached hydrogens (tertiary/aromatic N) is 2. The molecule has 3 rings (SSSR count). The van der Waals surface area contributed by atoms with Crippen LogP contribution in [0.4, 0.5) is 45.5 Å². The molecule has 0 aliphatic carbocycles. The lowest BCUT2D eigenvalue weighted by Crippen LogP contribution is -2.28. The summed E-state index contributed by atoms with van der Waals surface area (Å²) in [5.74, 6) is -1.92. The molecule has 0 radical (unpaired) electrons. The van der Waals surface area contributed by atoms with Gasteiger partial charge in [0.1, 0.15) is 6.04 Å². The van der Waals surface area contributed by atoms with E-state index >= 15 is 0 Å². The van der Waals surface area contributed by atoms with Crippen molar-refractivity contribution in [2.45, 2.75) is 31.0 Å². The lowest BCUT2D eigenvalue weighted by molar-refractivity contribution is -0.143. The van der Waals surface area contributed by atoms with Crippen LogP contribution in [0.2, 0.25) is 0 Å². The number of halogens is 9. The van der Waals surface area contributed by atoms with Crippen molar-refractivity contribution in [3.63, 3.8) is 0 Å². The summed E-state index contributed by atoms with van der Waals surface area (Å²) in [4.78, 5) is 27.2. The minimum absolute atomic E-state index is 0.0735. The minimum Gasteiger partial charge on any atom is -0.294 e. The van der Waals surface area contributed by atoms with Crippen LogP contribution in [0.15, 0.2) is 29.1 Å². The van der Waals surface area contributed by atoms with Gasteiger partial charge in [0.05, 0.1) is 11.1 Å². The lowest BCUT2D eigenvalue weighted by Gasteiger charge is -2.16. The highest BCUT2D eigenvalue weighted by atomic mass is 19.4. The maximum absolute atomic E-state index is 13.0. The summed E-state index contributed by atoms with van der Waals surface area (Å²) < 4.78 is 117. The van der Waals surface area contributed by atoms with E-state index in [1.54, 1.807) is 0 Å². The Morgan fingerprint density at radius 2 is 1.37 bits per heavy atom. The number of nitrogens with one attached hydrogen (secondary N) is 1. The van der Waals surface area contributed by atoms with E-state index < -0.39 is 70.8 Å². The molecule has 1 unspecified atom stereocenters. The molecule has 0 bridgehead atoms. The number of anilines is 1. The molecule has 1 aliphatic heterocycles. The molecule has 1 N–H and O–H groups in total. The Morgan fingerprint density at radius 3 is 1.83 bits per heavy atom. The highest BCUT2D eigenvalue weighted by Crippen LogP contribution is 2.37. The summed E-state index contributed by atoms with van der Waals surface area (Å²) in [6.07, 6.45) is -16.1. The van der Waals surface area contributed by atoms with Crippen molar-refractivity contribution in [1.29, 1.82) is 0 Å². The van der Waals surface area contributed by atoms with E-state index in [1.807, 2.05) is 5.32 Å². The van der Waals surface area contributed by atoms with Crippen LogP contribution in [0.25, 0.3) is 0 Å². The number of amides is 1. The zero-order valence-electron chi connectivity index (χ0n) is 14.2. The first-order valence-electron chi connectivity index (χ1n) is 7.87. The quantitative estimate of drug-likeness (QED) is 0.711. The van der Waals surface area contributed by atoms with Gasteiger partial charge in [0.15, 0.2) is 5.69 Å². The molecule has 2 aromatic rings. The van der Waals surface area contributed by atoms with Crippen molar-refractivity contribution >= 4 is 11.9 Å². The second-order valence-electron chi connectivity index (χ2n) is 6.29. The van der Waals surface area contributed by atoms with Gasteiger partial charge in [-0.2, -0.15) is 39.5 Å². The zero-order chi connectivity index (χ0) is 22.6. The maximum atomic E-state index is 13.0. The standard InChI is InChI=1S/C16H8F9N3O2/c17-14(18,19)7-1-6(2-8(4-7)15(20,21)22)3-9-12(30)27-13-26-10(16(23,24)25)5-11(29)28(9)13/h1-2,4-5,9H,3H2,(H,26,27,30). The Kier molecular flexibility index (Phi) is 4.86. The van der Waals surface area contributed by atoms with E-state index in [4.69, 9.17) is 0 Å². The average molecular weight is 445 g/mol. The Hall–Kier alpha value is -3.06. The zero-order valence-corrected chi connectivity index (χ0v) is 14.2. The predicted molar refractivity (Wildman–Crippen MR) is 81.3 cm³/mol. The Bertz CT molecular complexity index is 1040. The summed E-state index contributed by atoms with van der Waals surface area (Å²) in [6.45, 7) is 0. The third kappa shape index (κ3) is 4.11. The van der Waals surface area contributed by atoms with Gasteiger partial charge in [0, 0.05) is 12.5 Å². The van der Waals surface area contributed by atoms with E-state index in [0.717, 1.165) is 0 Å². The van der Waals surface area contributed by atoms with Gasteiger partial charge in [0.2, 0.25) is 11.9 Å². The normalized spacial score (nSPS) is 17.1. The molecule has 1 atom stereocenters. The highest BCUT2D eigenvalue weighted by Gasteiger charge is 2.40. The predicted octanol–water partition coefficient (Wildman–Crippen LogP) is 4.04. The van der Waals surface area contributed by atoms with Gasteiger partial charge in [-0.05, 0) is 23.8 Å². The molecule has 30 heavy (non-hydrogen) atoms. The molecule has 0 spiro atoms. The number of aromatic nitrogens is 2. The first kappa shape index (κ1) is 21.6. The van der Waals surface area contributed by atoms with Crippen LogP contribution in [-0.2, 0) is 29.7 Å². The number of rotatable bonds is 2. The van der Waals surface area contributed by atoms with E-state index in [1.165, 1.54) is 0 Å². The molecular formula is C16H8F9N3O2. The topological polar surface area (TPSA) is 64.0 Å². The Labute approximate surface area is 160 Å². The van der Waals surface area contributed by atoms with Crippen LogP contribution in [0.1, 0.15) is 28.4 Å². The molecule has 14 heteroatoms. The van der Waals surface area contributed by atoms with Crippen molar-refractivity contribution in [3.05, 3.63) is 57.0 Å². The molecule has 1 aliphatic rings. The largest absolute Gasteiger partial charge is 0.433 e. The third-order valence-corrected chi connectivity index (χ3v) is 4.17. The van der Waals surface area contributed by atoms with Crippen molar-refractivity contribution in [2.24, 2.45) is 0 Å². The van der Waals surface area contributed by atoms with Gasteiger partial charge in [-0.15, -0.1) is 0 Å². The number of carbonyl (C=O) groups excluding carboxylic acids is 1. The molecule has 1 amide bonds. The number of fused-ring (bicyclic) bond motifs is 1. The first-order chi connectivity index (χ1) is 13.6. The van der Waals surface area contributed by atoms with Gasteiger partial charge >= 0.3 is 18.5 Å². The molecule has 2 heterocycles. The van der Waals surface area contributed by atoms with Crippen molar-refractivity contribution < 1.29 is 44.3 Å². The fraction of sp³-hybridized carbons (Fsp3) is 0.312. The van der Waals surface area contributed by atoms with Gasteiger partial charge in [-0.1, -0.05) is 0 Å². The summed E-state index contributed by atoms with van der Waals surface area (Å²) in [6, 6.07) is -1.00. The molecular weight excluding hydrogens is 437 g/mol. The second-order valence-corrected chi connectivity index (χ2v) is 6.29. The first-order valence-corrected chi connectivity index (χ1v) is 7.87. The Balaban J connectivity index is 2.07. The SMILES string of the molecule is O=C1Nc2nc(C(F)(F)F)cc(=O)n2C1Cc1cc(C(F)(F)F)cc(C(F)(F)F)c1. The van der Waals surface area contributed by atoms with Crippen LogP contribution in [0.5, 0.6) is 0 Å². The monoisotopic (exact) mass is 445 g/mol. The molecule has 5 nitrogen and oxygen atoms in total. The maximum Gasteiger partial charge on any atom is 0.433 e. The molecule has 1 aromatic carbocycles. The summed E-state index contributed by atoms with van der Waals surface area (Å²) >= 11 is 0.